The fourth-order valence-corrected chi connectivity index (χ4v) is 3.98. The zero-order valence-corrected chi connectivity index (χ0v) is 14.6. The number of aromatic nitrogens is 1. The topological polar surface area (TPSA) is 99.8 Å². The van der Waals surface area contributed by atoms with Crippen LogP contribution in [0.1, 0.15) is 5.56 Å². The van der Waals surface area contributed by atoms with Crippen LogP contribution in [0.5, 0.6) is 0 Å². The molecule has 0 radical (unpaired) electrons. The molecule has 0 amide bonds. The first kappa shape index (κ1) is 16.7. The van der Waals surface area contributed by atoms with Crippen molar-refractivity contribution in [2.45, 2.75) is 0 Å². The largest absolute Gasteiger partial charge is 0.321 e. The highest BCUT2D eigenvalue weighted by Crippen LogP contribution is 2.37. The Labute approximate surface area is 157 Å². The molecular weight excluding hydrogens is 362 g/mol. The second-order valence-corrected chi connectivity index (χ2v) is 6.95. The molecule has 0 saturated heterocycles. The minimum atomic E-state index is -0.461. The number of fused-ring (bicyclic) bond motifs is 1. The van der Waals surface area contributed by atoms with E-state index in [2.05, 4.69) is 4.98 Å². The highest BCUT2D eigenvalue weighted by molar-refractivity contribution is 7.22. The van der Waals surface area contributed by atoms with E-state index < -0.39 is 10.5 Å². The lowest BCUT2D eigenvalue weighted by Crippen LogP contribution is -2.12. The van der Waals surface area contributed by atoms with E-state index in [4.69, 9.17) is 0 Å². The molecule has 7 heteroatoms. The average Bonchev–Trinajstić information content (AvgIpc) is 3.11. The molecule has 0 aliphatic carbocycles. The van der Waals surface area contributed by atoms with Crippen molar-refractivity contribution >= 4 is 27.1 Å². The Morgan fingerprint density at radius 2 is 1.85 bits per heavy atom. The third-order valence-corrected chi connectivity index (χ3v) is 5.36. The summed E-state index contributed by atoms with van der Waals surface area (Å²) in [6.07, 6.45) is 0. The highest BCUT2D eigenvalue weighted by Gasteiger charge is 2.16. The Hall–Kier alpha value is -3.76. The molecule has 0 atom stereocenters. The number of nitro benzene ring substituents is 1. The van der Waals surface area contributed by atoms with Gasteiger partial charge in [0.25, 0.3) is 11.2 Å². The van der Waals surface area contributed by atoms with Crippen molar-refractivity contribution in [2.75, 3.05) is 0 Å². The van der Waals surface area contributed by atoms with Gasteiger partial charge in [-0.2, -0.15) is 5.26 Å². The van der Waals surface area contributed by atoms with Crippen LogP contribution in [0.25, 0.3) is 31.8 Å². The summed E-state index contributed by atoms with van der Waals surface area (Å²) in [5.41, 5.74) is 1.52. The van der Waals surface area contributed by atoms with Gasteiger partial charge in [0.05, 0.1) is 4.92 Å². The Bertz CT molecular complexity index is 1280. The third-order valence-electron chi connectivity index (χ3n) is 4.21. The van der Waals surface area contributed by atoms with Gasteiger partial charge < -0.3 is 4.98 Å². The summed E-state index contributed by atoms with van der Waals surface area (Å²) in [7, 11) is 0. The van der Waals surface area contributed by atoms with Crippen LogP contribution in [-0.2, 0) is 0 Å². The van der Waals surface area contributed by atoms with Crippen molar-refractivity contribution in [2.24, 2.45) is 0 Å². The van der Waals surface area contributed by atoms with Gasteiger partial charge in [-0.1, -0.05) is 30.3 Å². The van der Waals surface area contributed by atoms with Crippen LogP contribution in [0, 0.1) is 21.4 Å². The molecule has 0 fully saturated rings. The highest BCUT2D eigenvalue weighted by atomic mass is 32.1. The maximum Gasteiger partial charge on any atom is 0.270 e. The number of H-pyrrole nitrogens is 1. The van der Waals surface area contributed by atoms with Crippen LogP contribution in [0.2, 0.25) is 0 Å². The molecule has 0 unspecified atom stereocenters. The van der Waals surface area contributed by atoms with Gasteiger partial charge in [-0.3, -0.25) is 14.9 Å². The third kappa shape index (κ3) is 2.99. The van der Waals surface area contributed by atoms with Crippen molar-refractivity contribution in [3.8, 4) is 27.8 Å². The molecule has 4 aromatic rings. The van der Waals surface area contributed by atoms with E-state index in [9.17, 15) is 20.2 Å². The van der Waals surface area contributed by atoms with Crippen LogP contribution < -0.4 is 5.56 Å². The number of nitriles is 1. The summed E-state index contributed by atoms with van der Waals surface area (Å²) in [5.74, 6) is 0. The van der Waals surface area contributed by atoms with Crippen LogP contribution in [0.4, 0.5) is 5.69 Å². The summed E-state index contributed by atoms with van der Waals surface area (Å²) >= 11 is 1.39. The van der Waals surface area contributed by atoms with Gasteiger partial charge in [0.2, 0.25) is 0 Å². The minimum absolute atomic E-state index is 0.00300. The lowest BCUT2D eigenvalue weighted by atomic mass is 10.0. The molecule has 2 heterocycles. The number of rotatable bonds is 3. The average molecular weight is 373 g/mol. The van der Waals surface area contributed by atoms with Crippen molar-refractivity contribution in [1.82, 2.24) is 4.98 Å². The number of hydrogen-bond donors (Lipinski definition) is 1. The number of pyridine rings is 1. The monoisotopic (exact) mass is 373 g/mol. The fourth-order valence-electron chi connectivity index (χ4n) is 2.92. The number of nitro groups is 1. The molecule has 0 bridgehead atoms. The summed E-state index contributed by atoms with van der Waals surface area (Å²) in [4.78, 5) is 26.4. The molecule has 27 heavy (non-hydrogen) atoms. The Morgan fingerprint density at radius 3 is 2.56 bits per heavy atom. The lowest BCUT2D eigenvalue weighted by molar-refractivity contribution is -0.384. The molecule has 0 saturated carbocycles. The number of aromatic amines is 1. The van der Waals surface area contributed by atoms with Gasteiger partial charge >= 0.3 is 0 Å². The van der Waals surface area contributed by atoms with Gasteiger partial charge in [-0.25, -0.2) is 0 Å². The number of nitrogens with one attached hydrogen (secondary N) is 1. The molecule has 0 aliphatic rings. The maximum absolute atomic E-state index is 12.4. The van der Waals surface area contributed by atoms with Crippen LogP contribution in [-0.4, -0.2) is 9.91 Å². The predicted molar refractivity (Wildman–Crippen MR) is 105 cm³/mol. The van der Waals surface area contributed by atoms with Gasteiger partial charge in [0.15, 0.2) is 0 Å². The van der Waals surface area contributed by atoms with E-state index >= 15 is 0 Å². The standard InChI is InChI=1S/C20H11N3O3S/c21-11-16-15(10-17(22-20(16)24)12-4-2-1-3-5-12)19-9-13-8-14(23(25)26)6-7-18(13)27-19/h1-10H,(H,22,24). The number of non-ortho nitro benzene ring substituents is 1. The molecule has 4 rings (SSSR count). The molecule has 2 aromatic heterocycles. The summed E-state index contributed by atoms with van der Waals surface area (Å²) < 4.78 is 0.848. The minimum Gasteiger partial charge on any atom is -0.321 e. The van der Waals surface area contributed by atoms with Crippen LogP contribution in [0.15, 0.2) is 65.5 Å². The quantitative estimate of drug-likeness (QED) is 0.415. The molecular formula is C20H11N3O3S. The Kier molecular flexibility index (Phi) is 4.03. The normalized spacial score (nSPS) is 10.6. The van der Waals surface area contributed by atoms with Gasteiger partial charge in [0, 0.05) is 33.0 Å². The van der Waals surface area contributed by atoms with E-state index in [1.807, 2.05) is 36.4 Å². The number of benzene rings is 2. The second kappa shape index (κ2) is 6.52. The first-order valence-electron chi connectivity index (χ1n) is 7.98. The Morgan fingerprint density at radius 1 is 1.07 bits per heavy atom. The molecule has 0 aliphatic heterocycles. The molecule has 130 valence electrons. The first-order chi connectivity index (χ1) is 13.1. The van der Waals surface area contributed by atoms with Crippen molar-refractivity contribution in [3.63, 3.8) is 0 Å². The molecule has 6 nitrogen and oxygen atoms in total. The Balaban J connectivity index is 1.94. The van der Waals surface area contributed by atoms with Crippen molar-refractivity contribution < 1.29 is 4.92 Å². The van der Waals surface area contributed by atoms with E-state index in [0.29, 0.717) is 21.5 Å². The number of nitrogens with zero attached hydrogens (tertiary/aromatic N) is 2. The van der Waals surface area contributed by atoms with E-state index in [0.717, 1.165) is 10.3 Å². The summed E-state index contributed by atoms with van der Waals surface area (Å²) in [6, 6.07) is 19.5. The molecule has 2 aromatic carbocycles. The SMILES string of the molecule is N#Cc1c(-c2cc3cc([N+](=O)[O-])ccc3s2)cc(-c2ccccc2)[nH]c1=O. The van der Waals surface area contributed by atoms with Gasteiger partial charge in [-0.15, -0.1) is 11.3 Å². The van der Waals surface area contributed by atoms with Gasteiger partial charge in [-0.05, 0) is 29.1 Å². The van der Waals surface area contributed by atoms with E-state index in [-0.39, 0.29) is 11.3 Å². The number of thiophene rings is 1. The maximum atomic E-state index is 12.4. The zero-order chi connectivity index (χ0) is 19.0. The van der Waals surface area contributed by atoms with E-state index in [1.54, 1.807) is 18.2 Å². The molecule has 1 N–H and O–H groups in total. The van der Waals surface area contributed by atoms with Crippen LogP contribution >= 0.6 is 11.3 Å². The van der Waals surface area contributed by atoms with E-state index in [1.165, 1.54) is 23.5 Å². The fraction of sp³-hybridized carbons (Fsp3) is 0. The second-order valence-electron chi connectivity index (χ2n) is 5.87. The predicted octanol–water partition coefficient (Wildman–Crippen LogP) is 4.70. The van der Waals surface area contributed by atoms with Gasteiger partial charge in [0.1, 0.15) is 11.6 Å². The number of hydrogen-bond acceptors (Lipinski definition) is 5. The van der Waals surface area contributed by atoms with Crippen LogP contribution in [0.3, 0.4) is 0 Å². The van der Waals surface area contributed by atoms with Crippen molar-refractivity contribution in [1.29, 1.82) is 5.26 Å². The molecule has 0 spiro atoms. The smallest absolute Gasteiger partial charge is 0.270 e. The lowest BCUT2D eigenvalue weighted by Gasteiger charge is -2.06. The summed E-state index contributed by atoms with van der Waals surface area (Å²) in [6.45, 7) is 0. The summed E-state index contributed by atoms with van der Waals surface area (Å²) in [5, 5.41) is 21.2. The zero-order valence-electron chi connectivity index (χ0n) is 13.8. The van der Waals surface area contributed by atoms with Crippen molar-refractivity contribution in [3.05, 3.63) is 86.7 Å². The first-order valence-corrected chi connectivity index (χ1v) is 8.79.